The Morgan fingerprint density at radius 2 is 2.50 bits per heavy atom. The summed E-state index contributed by atoms with van der Waals surface area (Å²) in [5.74, 6) is -0.105. The molecule has 1 aromatic rings. The summed E-state index contributed by atoms with van der Waals surface area (Å²) in [5, 5.41) is 15.5. The standard InChI is InChI=1S/C8H12N4OS/c1-5(13)10-8-12-11-7(14-8)6-3-2-4-9-6/h6,9H,2-4H2,1H3,(H,10,12,13). The number of amides is 1. The minimum Gasteiger partial charge on any atom is -0.308 e. The van der Waals surface area contributed by atoms with Crippen molar-refractivity contribution in [1.29, 1.82) is 0 Å². The van der Waals surface area contributed by atoms with Crippen LogP contribution in [0, 0.1) is 0 Å². The zero-order chi connectivity index (χ0) is 9.97. The second-order valence-corrected chi connectivity index (χ2v) is 4.28. The predicted octanol–water partition coefficient (Wildman–Crippen LogP) is 0.921. The van der Waals surface area contributed by atoms with Crippen LogP contribution in [-0.2, 0) is 4.79 Å². The van der Waals surface area contributed by atoms with E-state index < -0.39 is 0 Å². The molecule has 1 amide bonds. The summed E-state index contributed by atoms with van der Waals surface area (Å²) in [6.45, 7) is 2.51. The SMILES string of the molecule is CC(=O)Nc1nnc(C2CCCN2)s1. The zero-order valence-corrected chi connectivity index (χ0v) is 8.73. The van der Waals surface area contributed by atoms with Crippen LogP contribution in [-0.4, -0.2) is 22.6 Å². The summed E-state index contributed by atoms with van der Waals surface area (Å²) in [4.78, 5) is 10.8. The van der Waals surface area contributed by atoms with Gasteiger partial charge in [-0.1, -0.05) is 11.3 Å². The number of hydrogen-bond donors (Lipinski definition) is 2. The molecule has 2 N–H and O–H groups in total. The molecule has 14 heavy (non-hydrogen) atoms. The lowest BCUT2D eigenvalue weighted by Crippen LogP contribution is -2.12. The van der Waals surface area contributed by atoms with E-state index >= 15 is 0 Å². The minimum atomic E-state index is -0.105. The molecule has 0 aromatic carbocycles. The highest BCUT2D eigenvalue weighted by Crippen LogP contribution is 2.27. The largest absolute Gasteiger partial charge is 0.308 e. The van der Waals surface area contributed by atoms with E-state index in [1.54, 1.807) is 0 Å². The molecule has 1 aliphatic heterocycles. The monoisotopic (exact) mass is 212 g/mol. The fourth-order valence-electron chi connectivity index (χ4n) is 1.47. The Labute approximate surface area is 85.9 Å². The quantitative estimate of drug-likeness (QED) is 0.765. The second kappa shape index (κ2) is 4.02. The van der Waals surface area contributed by atoms with Crippen LogP contribution in [0.15, 0.2) is 0 Å². The summed E-state index contributed by atoms with van der Waals surface area (Å²) in [7, 11) is 0. The highest BCUT2D eigenvalue weighted by atomic mass is 32.1. The van der Waals surface area contributed by atoms with E-state index in [4.69, 9.17) is 0 Å². The van der Waals surface area contributed by atoms with Gasteiger partial charge in [-0.3, -0.25) is 4.79 Å². The third-order valence-electron chi connectivity index (χ3n) is 2.08. The lowest BCUT2D eigenvalue weighted by atomic mass is 10.2. The van der Waals surface area contributed by atoms with Crippen molar-refractivity contribution in [3.8, 4) is 0 Å². The van der Waals surface area contributed by atoms with E-state index in [0.29, 0.717) is 11.2 Å². The Hall–Kier alpha value is -1.01. The number of carbonyl (C=O) groups is 1. The van der Waals surface area contributed by atoms with Crippen LogP contribution in [0.25, 0.3) is 0 Å². The van der Waals surface area contributed by atoms with Crippen LogP contribution in [0.3, 0.4) is 0 Å². The molecule has 0 spiro atoms. The van der Waals surface area contributed by atoms with E-state index in [2.05, 4.69) is 20.8 Å². The van der Waals surface area contributed by atoms with E-state index in [9.17, 15) is 4.79 Å². The molecule has 0 bridgehead atoms. The number of anilines is 1. The van der Waals surface area contributed by atoms with Gasteiger partial charge in [0.1, 0.15) is 5.01 Å². The van der Waals surface area contributed by atoms with E-state index in [0.717, 1.165) is 18.0 Å². The average Bonchev–Trinajstić information content (AvgIpc) is 2.69. The van der Waals surface area contributed by atoms with Crippen molar-refractivity contribution in [3.05, 3.63) is 5.01 Å². The summed E-state index contributed by atoms with van der Waals surface area (Å²) < 4.78 is 0. The van der Waals surface area contributed by atoms with Gasteiger partial charge in [-0.15, -0.1) is 10.2 Å². The molecule has 0 radical (unpaired) electrons. The summed E-state index contributed by atoms with van der Waals surface area (Å²) in [6, 6.07) is 0.329. The number of nitrogens with zero attached hydrogens (tertiary/aromatic N) is 2. The number of nitrogens with one attached hydrogen (secondary N) is 2. The fraction of sp³-hybridized carbons (Fsp3) is 0.625. The predicted molar refractivity (Wildman–Crippen MR) is 54.2 cm³/mol. The number of carbonyl (C=O) groups excluding carboxylic acids is 1. The maximum Gasteiger partial charge on any atom is 0.223 e. The van der Waals surface area contributed by atoms with E-state index in [1.165, 1.54) is 24.7 Å². The van der Waals surface area contributed by atoms with Crippen LogP contribution in [0.1, 0.15) is 30.8 Å². The molecule has 1 aliphatic rings. The van der Waals surface area contributed by atoms with Crippen LogP contribution in [0.2, 0.25) is 0 Å². The first kappa shape index (κ1) is 9.54. The Morgan fingerprint density at radius 3 is 3.14 bits per heavy atom. The first-order chi connectivity index (χ1) is 6.75. The second-order valence-electron chi connectivity index (χ2n) is 3.28. The number of rotatable bonds is 2. The van der Waals surface area contributed by atoms with Gasteiger partial charge in [0.05, 0.1) is 6.04 Å². The third-order valence-corrected chi connectivity index (χ3v) is 3.03. The fourth-order valence-corrected chi connectivity index (χ4v) is 2.37. The van der Waals surface area contributed by atoms with Gasteiger partial charge in [0.2, 0.25) is 11.0 Å². The van der Waals surface area contributed by atoms with Crippen LogP contribution >= 0.6 is 11.3 Å². The van der Waals surface area contributed by atoms with Crippen molar-refractivity contribution in [2.45, 2.75) is 25.8 Å². The van der Waals surface area contributed by atoms with Crippen molar-refractivity contribution in [3.63, 3.8) is 0 Å². The Balaban J connectivity index is 2.05. The van der Waals surface area contributed by atoms with Crippen molar-refractivity contribution < 1.29 is 4.79 Å². The molecule has 6 heteroatoms. The molecule has 1 unspecified atom stereocenters. The summed E-state index contributed by atoms with van der Waals surface area (Å²) in [6.07, 6.45) is 2.29. The molecule has 1 atom stereocenters. The molecule has 0 aliphatic carbocycles. The highest BCUT2D eigenvalue weighted by molar-refractivity contribution is 7.15. The van der Waals surface area contributed by atoms with Gasteiger partial charge in [-0.2, -0.15) is 0 Å². The smallest absolute Gasteiger partial charge is 0.223 e. The normalized spacial score (nSPS) is 21.1. The molecular formula is C8H12N4OS. The minimum absolute atomic E-state index is 0.105. The molecule has 2 rings (SSSR count). The Morgan fingerprint density at radius 1 is 1.64 bits per heavy atom. The summed E-state index contributed by atoms with van der Waals surface area (Å²) >= 11 is 1.44. The van der Waals surface area contributed by atoms with E-state index in [1.807, 2.05) is 0 Å². The Bertz CT molecular complexity index is 332. The molecular weight excluding hydrogens is 200 g/mol. The zero-order valence-electron chi connectivity index (χ0n) is 7.91. The molecule has 1 fully saturated rings. The van der Waals surface area contributed by atoms with Crippen LogP contribution in [0.5, 0.6) is 0 Å². The molecule has 1 saturated heterocycles. The van der Waals surface area contributed by atoms with Crippen molar-refractivity contribution in [1.82, 2.24) is 15.5 Å². The van der Waals surface area contributed by atoms with Gasteiger partial charge in [0.25, 0.3) is 0 Å². The maximum absolute atomic E-state index is 10.8. The van der Waals surface area contributed by atoms with Crippen molar-refractivity contribution >= 4 is 22.4 Å². The summed E-state index contributed by atoms with van der Waals surface area (Å²) in [5.41, 5.74) is 0. The van der Waals surface area contributed by atoms with Gasteiger partial charge < -0.3 is 10.6 Å². The van der Waals surface area contributed by atoms with Crippen molar-refractivity contribution in [2.24, 2.45) is 0 Å². The van der Waals surface area contributed by atoms with E-state index in [-0.39, 0.29) is 5.91 Å². The molecule has 5 nitrogen and oxygen atoms in total. The molecule has 0 saturated carbocycles. The highest BCUT2D eigenvalue weighted by Gasteiger charge is 2.20. The topological polar surface area (TPSA) is 66.9 Å². The lowest BCUT2D eigenvalue weighted by Gasteiger charge is -2.02. The lowest BCUT2D eigenvalue weighted by molar-refractivity contribution is -0.114. The molecule has 1 aromatic heterocycles. The van der Waals surface area contributed by atoms with Crippen molar-refractivity contribution in [2.75, 3.05) is 11.9 Å². The molecule has 76 valence electrons. The van der Waals surface area contributed by atoms with Crippen LogP contribution in [0.4, 0.5) is 5.13 Å². The maximum atomic E-state index is 10.8. The Kier molecular flexibility index (Phi) is 2.74. The first-order valence-corrected chi connectivity index (χ1v) is 5.42. The average molecular weight is 212 g/mol. The van der Waals surface area contributed by atoms with Gasteiger partial charge in [0.15, 0.2) is 0 Å². The molecule has 2 heterocycles. The van der Waals surface area contributed by atoms with Gasteiger partial charge >= 0.3 is 0 Å². The first-order valence-electron chi connectivity index (χ1n) is 4.60. The third kappa shape index (κ3) is 2.08. The number of hydrogen-bond acceptors (Lipinski definition) is 5. The van der Waals surface area contributed by atoms with Gasteiger partial charge in [-0.25, -0.2) is 0 Å². The van der Waals surface area contributed by atoms with Gasteiger partial charge in [0, 0.05) is 6.92 Å². The van der Waals surface area contributed by atoms with Gasteiger partial charge in [-0.05, 0) is 19.4 Å². The number of aromatic nitrogens is 2. The van der Waals surface area contributed by atoms with Crippen LogP contribution < -0.4 is 10.6 Å².